The summed E-state index contributed by atoms with van der Waals surface area (Å²) in [5.41, 5.74) is 0.269. The standard InChI is InChI=1S/C20H27N3O4/c1-22-13-16(19(24)21-7-6-10-23-8-4-5-9-23)14-11-17(26-2)18(27-3)12-15(14)20(22)25/h11-13H,4-10H2,1-3H3,(H,21,24). The molecule has 0 spiro atoms. The summed E-state index contributed by atoms with van der Waals surface area (Å²) in [6.07, 6.45) is 5.02. The number of aromatic nitrogens is 1. The van der Waals surface area contributed by atoms with Crippen molar-refractivity contribution in [1.29, 1.82) is 0 Å². The van der Waals surface area contributed by atoms with Gasteiger partial charge in [0.2, 0.25) is 0 Å². The molecule has 0 aliphatic carbocycles. The molecule has 27 heavy (non-hydrogen) atoms. The smallest absolute Gasteiger partial charge is 0.258 e. The van der Waals surface area contributed by atoms with Crippen molar-refractivity contribution >= 4 is 16.7 Å². The van der Waals surface area contributed by atoms with Gasteiger partial charge in [-0.1, -0.05) is 0 Å². The lowest BCUT2D eigenvalue weighted by atomic mass is 10.1. The van der Waals surface area contributed by atoms with E-state index in [4.69, 9.17) is 9.47 Å². The molecule has 1 fully saturated rings. The third-order valence-electron chi connectivity index (χ3n) is 5.07. The third-order valence-corrected chi connectivity index (χ3v) is 5.07. The van der Waals surface area contributed by atoms with Crippen LogP contribution in [-0.2, 0) is 7.05 Å². The summed E-state index contributed by atoms with van der Waals surface area (Å²) in [7, 11) is 4.69. The Morgan fingerprint density at radius 3 is 2.37 bits per heavy atom. The number of nitrogens with zero attached hydrogens (tertiary/aromatic N) is 2. The van der Waals surface area contributed by atoms with Gasteiger partial charge in [0.05, 0.1) is 25.2 Å². The number of ether oxygens (including phenoxy) is 2. The molecule has 146 valence electrons. The minimum atomic E-state index is -0.191. The second-order valence-corrected chi connectivity index (χ2v) is 6.87. The first kappa shape index (κ1) is 19.2. The molecule has 0 atom stereocenters. The Morgan fingerprint density at radius 1 is 1.11 bits per heavy atom. The third kappa shape index (κ3) is 4.08. The molecule has 1 aliphatic rings. The molecule has 0 unspecified atom stereocenters. The molecule has 2 aromatic rings. The number of amides is 1. The number of hydrogen-bond donors (Lipinski definition) is 1. The van der Waals surface area contributed by atoms with E-state index in [1.54, 1.807) is 25.4 Å². The van der Waals surface area contributed by atoms with Crippen molar-refractivity contribution in [3.8, 4) is 11.5 Å². The van der Waals surface area contributed by atoms with Crippen molar-refractivity contribution in [2.45, 2.75) is 19.3 Å². The predicted octanol–water partition coefficient (Wildman–Crippen LogP) is 1.77. The number of methoxy groups -OCH3 is 2. The number of rotatable bonds is 7. The Balaban J connectivity index is 1.82. The van der Waals surface area contributed by atoms with E-state index >= 15 is 0 Å². The summed E-state index contributed by atoms with van der Waals surface area (Å²) in [4.78, 5) is 27.7. The summed E-state index contributed by atoms with van der Waals surface area (Å²) in [6, 6.07) is 3.31. The van der Waals surface area contributed by atoms with Crippen LogP contribution in [0.5, 0.6) is 11.5 Å². The Morgan fingerprint density at radius 2 is 1.74 bits per heavy atom. The summed E-state index contributed by atoms with van der Waals surface area (Å²) in [5.74, 6) is 0.760. The Bertz CT molecular complexity index is 885. The molecule has 0 saturated carbocycles. The van der Waals surface area contributed by atoms with E-state index in [1.807, 2.05) is 0 Å². The van der Waals surface area contributed by atoms with E-state index in [9.17, 15) is 9.59 Å². The number of pyridine rings is 1. The van der Waals surface area contributed by atoms with E-state index in [2.05, 4.69) is 10.2 Å². The highest BCUT2D eigenvalue weighted by atomic mass is 16.5. The molecule has 3 rings (SSSR count). The van der Waals surface area contributed by atoms with Crippen molar-refractivity contribution in [1.82, 2.24) is 14.8 Å². The number of carbonyl (C=O) groups is 1. The van der Waals surface area contributed by atoms with Crippen LogP contribution in [-0.4, -0.2) is 55.8 Å². The van der Waals surface area contributed by atoms with Crippen LogP contribution in [0.4, 0.5) is 0 Å². The van der Waals surface area contributed by atoms with Gasteiger partial charge in [-0.3, -0.25) is 9.59 Å². The van der Waals surface area contributed by atoms with Crippen LogP contribution in [0.15, 0.2) is 23.1 Å². The van der Waals surface area contributed by atoms with Gasteiger partial charge in [0.1, 0.15) is 0 Å². The van der Waals surface area contributed by atoms with Crippen molar-refractivity contribution in [2.24, 2.45) is 7.05 Å². The first-order valence-electron chi connectivity index (χ1n) is 9.31. The zero-order valence-electron chi connectivity index (χ0n) is 16.2. The monoisotopic (exact) mass is 373 g/mol. The van der Waals surface area contributed by atoms with Crippen LogP contribution in [0.1, 0.15) is 29.6 Å². The average Bonchev–Trinajstić information content (AvgIpc) is 3.20. The fourth-order valence-electron chi connectivity index (χ4n) is 3.58. The fourth-order valence-corrected chi connectivity index (χ4v) is 3.58. The maximum Gasteiger partial charge on any atom is 0.258 e. The molecule has 1 amide bonds. The number of hydrogen-bond acceptors (Lipinski definition) is 5. The molecule has 1 aromatic heterocycles. The SMILES string of the molecule is COc1cc2c(C(=O)NCCCN3CCCC3)cn(C)c(=O)c2cc1OC. The minimum Gasteiger partial charge on any atom is -0.493 e. The van der Waals surface area contributed by atoms with Crippen LogP contribution >= 0.6 is 0 Å². The van der Waals surface area contributed by atoms with Gasteiger partial charge < -0.3 is 24.3 Å². The highest BCUT2D eigenvalue weighted by Gasteiger charge is 2.17. The molecular formula is C20H27N3O4. The largest absolute Gasteiger partial charge is 0.493 e. The highest BCUT2D eigenvalue weighted by molar-refractivity contribution is 6.07. The Kier molecular flexibility index (Phi) is 6.01. The molecule has 1 aliphatic heterocycles. The molecule has 2 heterocycles. The van der Waals surface area contributed by atoms with Crippen LogP contribution in [0.3, 0.4) is 0 Å². The van der Waals surface area contributed by atoms with Crippen molar-refractivity contribution < 1.29 is 14.3 Å². The van der Waals surface area contributed by atoms with Crippen molar-refractivity contribution in [3.05, 3.63) is 34.2 Å². The second-order valence-electron chi connectivity index (χ2n) is 6.87. The summed E-state index contributed by atoms with van der Waals surface area (Å²) in [5, 5.41) is 3.97. The van der Waals surface area contributed by atoms with Crippen molar-refractivity contribution in [2.75, 3.05) is 40.4 Å². The van der Waals surface area contributed by atoms with E-state index in [1.165, 1.54) is 31.6 Å². The van der Waals surface area contributed by atoms with Crippen LogP contribution in [0.2, 0.25) is 0 Å². The number of aryl methyl sites for hydroxylation is 1. The molecule has 0 bridgehead atoms. The summed E-state index contributed by atoms with van der Waals surface area (Å²) < 4.78 is 12.0. The van der Waals surface area contributed by atoms with E-state index in [0.29, 0.717) is 34.4 Å². The minimum absolute atomic E-state index is 0.184. The molecule has 0 radical (unpaired) electrons. The van der Waals surface area contributed by atoms with Gasteiger partial charge in [-0.2, -0.15) is 0 Å². The van der Waals surface area contributed by atoms with E-state index < -0.39 is 0 Å². The lowest BCUT2D eigenvalue weighted by Gasteiger charge is -2.15. The van der Waals surface area contributed by atoms with Gasteiger partial charge in [0.25, 0.3) is 11.5 Å². The zero-order chi connectivity index (χ0) is 19.4. The van der Waals surface area contributed by atoms with Gasteiger partial charge in [-0.05, 0) is 51.0 Å². The molecule has 7 nitrogen and oxygen atoms in total. The van der Waals surface area contributed by atoms with Gasteiger partial charge >= 0.3 is 0 Å². The quantitative estimate of drug-likeness (QED) is 0.749. The van der Waals surface area contributed by atoms with Crippen molar-refractivity contribution in [3.63, 3.8) is 0 Å². The van der Waals surface area contributed by atoms with Crippen LogP contribution < -0.4 is 20.3 Å². The maximum absolute atomic E-state index is 12.8. The second kappa shape index (κ2) is 8.43. The van der Waals surface area contributed by atoms with E-state index in [-0.39, 0.29) is 11.5 Å². The first-order chi connectivity index (χ1) is 13.0. The summed E-state index contributed by atoms with van der Waals surface area (Å²) in [6.45, 7) is 3.91. The number of likely N-dealkylation sites (tertiary alicyclic amines) is 1. The topological polar surface area (TPSA) is 72.8 Å². The Labute approximate surface area is 158 Å². The maximum atomic E-state index is 12.8. The number of carbonyl (C=O) groups excluding carboxylic acids is 1. The summed E-state index contributed by atoms with van der Waals surface area (Å²) >= 11 is 0. The van der Waals surface area contributed by atoms with Gasteiger partial charge in [-0.25, -0.2) is 0 Å². The van der Waals surface area contributed by atoms with Gasteiger partial charge in [-0.15, -0.1) is 0 Å². The highest BCUT2D eigenvalue weighted by Crippen LogP contribution is 2.32. The number of benzene rings is 1. The zero-order valence-corrected chi connectivity index (χ0v) is 16.2. The van der Waals surface area contributed by atoms with Crippen LogP contribution in [0.25, 0.3) is 10.8 Å². The lowest BCUT2D eigenvalue weighted by molar-refractivity contribution is 0.0953. The number of fused-ring (bicyclic) bond motifs is 1. The molecule has 7 heteroatoms. The Hall–Kier alpha value is -2.54. The molecule has 1 aromatic carbocycles. The van der Waals surface area contributed by atoms with E-state index in [0.717, 1.165) is 26.1 Å². The number of nitrogens with one attached hydrogen (secondary N) is 1. The lowest BCUT2D eigenvalue weighted by Crippen LogP contribution is -2.30. The van der Waals surface area contributed by atoms with Gasteiger partial charge in [0.15, 0.2) is 11.5 Å². The first-order valence-corrected chi connectivity index (χ1v) is 9.31. The molecular weight excluding hydrogens is 346 g/mol. The average molecular weight is 373 g/mol. The molecule has 1 saturated heterocycles. The van der Waals surface area contributed by atoms with Gasteiger partial charge in [0, 0.05) is 25.2 Å². The molecule has 1 N–H and O–H groups in total. The predicted molar refractivity (Wildman–Crippen MR) is 105 cm³/mol. The van der Waals surface area contributed by atoms with Crippen LogP contribution in [0, 0.1) is 0 Å². The fraction of sp³-hybridized carbons (Fsp3) is 0.500. The normalized spacial score (nSPS) is 14.5.